The molecule has 1 aromatic heterocycles. The van der Waals surface area contributed by atoms with Crippen LogP contribution >= 0.6 is 22.9 Å². The molecule has 1 aromatic carbocycles. The molecule has 0 saturated carbocycles. The standard InChI is InChI=1S/C15H15ClN2O3S/c16-11-6-13-14(21-4-3-20-13)7-12(11)17-9-15(19)18-8-10-2-1-5-22-10/h1-2,5-7,17H,3-4,8-9H2,(H,18,19). The van der Waals surface area contributed by atoms with Gasteiger partial charge < -0.3 is 20.1 Å². The van der Waals surface area contributed by atoms with E-state index in [0.29, 0.717) is 42.0 Å². The van der Waals surface area contributed by atoms with Crippen molar-refractivity contribution >= 4 is 34.5 Å². The quantitative estimate of drug-likeness (QED) is 0.880. The van der Waals surface area contributed by atoms with Gasteiger partial charge in [0.15, 0.2) is 11.5 Å². The molecule has 0 bridgehead atoms. The first kappa shape index (κ1) is 15.0. The number of thiophene rings is 1. The van der Waals surface area contributed by atoms with E-state index < -0.39 is 0 Å². The molecule has 2 N–H and O–H groups in total. The van der Waals surface area contributed by atoms with E-state index >= 15 is 0 Å². The third kappa shape index (κ3) is 3.64. The van der Waals surface area contributed by atoms with Gasteiger partial charge in [-0.3, -0.25) is 4.79 Å². The first-order chi connectivity index (χ1) is 10.7. The van der Waals surface area contributed by atoms with Crippen LogP contribution in [-0.2, 0) is 11.3 Å². The Labute approximate surface area is 137 Å². The summed E-state index contributed by atoms with van der Waals surface area (Å²) in [6, 6.07) is 7.39. The Kier molecular flexibility index (Phi) is 4.70. The van der Waals surface area contributed by atoms with Crippen LogP contribution < -0.4 is 20.1 Å². The fourth-order valence-corrected chi connectivity index (χ4v) is 2.90. The highest BCUT2D eigenvalue weighted by Crippen LogP contribution is 2.37. The highest BCUT2D eigenvalue weighted by Gasteiger charge is 2.15. The number of carbonyl (C=O) groups excluding carboxylic acids is 1. The number of carbonyl (C=O) groups is 1. The fourth-order valence-electron chi connectivity index (χ4n) is 2.04. The molecule has 2 aromatic rings. The number of nitrogens with one attached hydrogen (secondary N) is 2. The van der Waals surface area contributed by atoms with E-state index in [1.54, 1.807) is 23.5 Å². The molecule has 0 atom stereocenters. The zero-order valence-corrected chi connectivity index (χ0v) is 13.3. The van der Waals surface area contributed by atoms with E-state index in [9.17, 15) is 4.79 Å². The number of ether oxygens (including phenoxy) is 2. The maximum absolute atomic E-state index is 11.8. The summed E-state index contributed by atoms with van der Waals surface area (Å²) < 4.78 is 10.9. The SMILES string of the molecule is O=C(CNc1cc2c(cc1Cl)OCCO2)NCc1cccs1. The lowest BCUT2D eigenvalue weighted by Gasteiger charge is -2.20. The van der Waals surface area contributed by atoms with Gasteiger partial charge in [0.05, 0.1) is 23.8 Å². The maximum Gasteiger partial charge on any atom is 0.239 e. The predicted molar refractivity (Wildman–Crippen MR) is 87.1 cm³/mol. The summed E-state index contributed by atoms with van der Waals surface area (Å²) in [4.78, 5) is 13.0. The number of hydrogen-bond acceptors (Lipinski definition) is 5. The number of amides is 1. The molecule has 0 aliphatic carbocycles. The summed E-state index contributed by atoms with van der Waals surface area (Å²) in [5.41, 5.74) is 0.650. The average molecular weight is 339 g/mol. The molecule has 22 heavy (non-hydrogen) atoms. The van der Waals surface area contributed by atoms with E-state index in [-0.39, 0.29) is 12.5 Å². The van der Waals surface area contributed by atoms with Gasteiger partial charge in [0.2, 0.25) is 5.91 Å². The first-order valence-electron chi connectivity index (χ1n) is 6.84. The summed E-state index contributed by atoms with van der Waals surface area (Å²) in [5.74, 6) is 1.17. The Morgan fingerprint density at radius 2 is 2.05 bits per heavy atom. The second kappa shape index (κ2) is 6.89. The topological polar surface area (TPSA) is 59.6 Å². The van der Waals surface area contributed by atoms with Crippen molar-refractivity contribution in [2.75, 3.05) is 25.1 Å². The van der Waals surface area contributed by atoms with Gasteiger partial charge in [-0.25, -0.2) is 0 Å². The van der Waals surface area contributed by atoms with Gasteiger partial charge in [-0.05, 0) is 11.4 Å². The molecular weight excluding hydrogens is 324 g/mol. The van der Waals surface area contributed by atoms with Gasteiger partial charge in [-0.2, -0.15) is 0 Å². The molecule has 0 spiro atoms. The summed E-state index contributed by atoms with van der Waals surface area (Å²) in [6.07, 6.45) is 0. The zero-order valence-electron chi connectivity index (χ0n) is 11.7. The predicted octanol–water partition coefficient (Wildman–Crippen LogP) is 2.90. The molecule has 2 heterocycles. The van der Waals surface area contributed by atoms with Gasteiger partial charge in [0.1, 0.15) is 13.2 Å². The molecule has 0 saturated heterocycles. The van der Waals surface area contributed by atoms with Crippen molar-refractivity contribution < 1.29 is 14.3 Å². The van der Waals surface area contributed by atoms with E-state index in [0.717, 1.165) is 4.88 Å². The molecular formula is C15H15ClN2O3S. The number of hydrogen-bond donors (Lipinski definition) is 2. The maximum atomic E-state index is 11.8. The van der Waals surface area contributed by atoms with Crippen molar-refractivity contribution in [1.82, 2.24) is 5.32 Å². The second-order valence-corrected chi connectivity index (χ2v) is 6.12. The lowest BCUT2D eigenvalue weighted by Crippen LogP contribution is -2.29. The minimum Gasteiger partial charge on any atom is -0.486 e. The second-order valence-electron chi connectivity index (χ2n) is 4.69. The third-order valence-electron chi connectivity index (χ3n) is 3.11. The number of anilines is 1. The summed E-state index contributed by atoms with van der Waals surface area (Å²) in [6.45, 7) is 1.70. The molecule has 0 unspecified atom stereocenters. The van der Waals surface area contributed by atoms with Crippen molar-refractivity contribution in [2.24, 2.45) is 0 Å². The highest BCUT2D eigenvalue weighted by atomic mass is 35.5. The number of halogens is 1. The van der Waals surface area contributed by atoms with E-state index in [2.05, 4.69) is 10.6 Å². The van der Waals surface area contributed by atoms with Crippen LogP contribution in [0.1, 0.15) is 4.88 Å². The van der Waals surface area contributed by atoms with Gasteiger partial charge in [0, 0.05) is 17.0 Å². The minimum atomic E-state index is -0.0978. The minimum absolute atomic E-state index is 0.0978. The van der Waals surface area contributed by atoms with Crippen LogP contribution in [0, 0.1) is 0 Å². The molecule has 116 valence electrons. The van der Waals surface area contributed by atoms with Crippen molar-refractivity contribution in [2.45, 2.75) is 6.54 Å². The third-order valence-corrected chi connectivity index (χ3v) is 4.30. The van der Waals surface area contributed by atoms with E-state index in [4.69, 9.17) is 21.1 Å². The normalized spacial score (nSPS) is 12.8. The van der Waals surface area contributed by atoms with E-state index in [1.807, 2.05) is 17.5 Å². The molecule has 5 nitrogen and oxygen atoms in total. The van der Waals surface area contributed by atoms with Crippen LogP contribution in [0.15, 0.2) is 29.6 Å². The lowest BCUT2D eigenvalue weighted by molar-refractivity contribution is -0.119. The Morgan fingerprint density at radius 3 is 2.77 bits per heavy atom. The van der Waals surface area contributed by atoms with Gasteiger partial charge >= 0.3 is 0 Å². The highest BCUT2D eigenvalue weighted by molar-refractivity contribution is 7.09. The van der Waals surface area contributed by atoms with E-state index in [1.165, 1.54) is 0 Å². The van der Waals surface area contributed by atoms with Gasteiger partial charge in [0.25, 0.3) is 0 Å². The van der Waals surface area contributed by atoms with Crippen molar-refractivity contribution in [1.29, 1.82) is 0 Å². The summed E-state index contributed by atoms with van der Waals surface area (Å²) >= 11 is 7.79. The Hall–Kier alpha value is -1.92. The smallest absolute Gasteiger partial charge is 0.239 e. The van der Waals surface area contributed by atoms with Crippen molar-refractivity contribution in [3.8, 4) is 11.5 Å². The van der Waals surface area contributed by atoms with Crippen LogP contribution in [0.2, 0.25) is 5.02 Å². The van der Waals surface area contributed by atoms with Crippen LogP contribution in [0.3, 0.4) is 0 Å². The van der Waals surface area contributed by atoms with Crippen LogP contribution in [0.5, 0.6) is 11.5 Å². The molecule has 1 amide bonds. The molecule has 7 heteroatoms. The lowest BCUT2D eigenvalue weighted by atomic mass is 10.2. The van der Waals surface area contributed by atoms with Crippen LogP contribution in [-0.4, -0.2) is 25.7 Å². The Bertz CT molecular complexity index is 661. The monoisotopic (exact) mass is 338 g/mol. The van der Waals surface area contributed by atoms with Crippen molar-refractivity contribution in [3.05, 3.63) is 39.5 Å². The van der Waals surface area contributed by atoms with Gasteiger partial charge in [-0.15, -0.1) is 11.3 Å². The van der Waals surface area contributed by atoms with Crippen LogP contribution in [0.4, 0.5) is 5.69 Å². The fraction of sp³-hybridized carbons (Fsp3) is 0.267. The molecule has 1 aliphatic rings. The van der Waals surface area contributed by atoms with Gasteiger partial charge in [-0.1, -0.05) is 17.7 Å². The largest absolute Gasteiger partial charge is 0.486 e. The Morgan fingerprint density at radius 1 is 1.27 bits per heavy atom. The summed E-state index contributed by atoms with van der Waals surface area (Å²) in [5, 5.41) is 8.34. The number of benzene rings is 1. The van der Waals surface area contributed by atoms with Crippen molar-refractivity contribution in [3.63, 3.8) is 0 Å². The molecule has 1 aliphatic heterocycles. The number of fused-ring (bicyclic) bond motifs is 1. The van der Waals surface area contributed by atoms with Crippen LogP contribution in [0.25, 0.3) is 0 Å². The molecule has 3 rings (SSSR count). The zero-order chi connectivity index (χ0) is 15.4. The number of rotatable bonds is 5. The Balaban J connectivity index is 1.55. The molecule has 0 radical (unpaired) electrons. The first-order valence-corrected chi connectivity index (χ1v) is 8.10. The molecule has 0 fully saturated rings. The average Bonchev–Trinajstić information content (AvgIpc) is 3.04. The summed E-state index contributed by atoms with van der Waals surface area (Å²) in [7, 11) is 0.